The molecule has 2 aromatic heterocycles. The smallest absolute Gasteiger partial charge is 0.244 e. The van der Waals surface area contributed by atoms with E-state index in [1.165, 1.54) is 24.3 Å². The van der Waals surface area contributed by atoms with Crippen molar-refractivity contribution in [3.8, 4) is 28.0 Å². The van der Waals surface area contributed by atoms with Gasteiger partial charge in [0.25, 0.3) is 0 Å². The number of carbonyl (C=O) groups is 1. The summed E-state index contributed by atoms with van der Waals surface area (Å²) in [5, 5.41) is 6.27. The van der Waals surface area contributed by atoms with Gasteiger partial charge < -0.3 is 25.5 Å². The zero-order valence-corrected chi connectivity index (χ0v) is 22.8. The van der Waals surface area contributed by atoms with Crippen molar-refractivity contribution >= 4 is 28.8 Å². The van der Waals surface area contributed by atoms with Gasteiger partial charge in [-0.25, -0.2) is 9.37 Å². The molecule has 3 aromatic carbocycles. The third-order valence-corrected chi connectivity index (χ3v) is 6.78. The average molecular weight is 577 g/mol. The Morgan fingerprint density at radius 3 is 2.49 bits per heavy atom. The first kappa shape index (κ1) is 27.5. The third kappa shape index (κ3) is 6.62. The SMILES string of the molecule is Nc1ccc(/C=C/C(=O)NCc2cc3cc(-c4ccc(OC5=CC=C(F)NC5)cc4)cc(-c4ccc(F)cc4)c3o2)cn1. The maximum atomic E-state index is 13.7. The summed E-state index contributed by atoms with van der Waals surface area (Å²) in [6.45, 7) is 0.438. The Morgan fingerprint density at radius 1 is 0.977 bits per heavy atom. The Kier molecular flexibility index (Phi) is 7.69. The van der Waals surface area contributed by atoms with E-state index in [1.54, 1.807) is 42.6 Å². The van der Waals surface area contributed by atoms with E-state index in [4.69, 9.17) is 14.9 Å². The minimum Gasteiger partial charge on any atom is -0.460 e. The maximum Gasteiger partial charge on any atom is 0.244 e. The molecule has 1 aliphatic rings. The molecule has 5 aromatic rings. The summed E-state index contributed by atoms with van der Waals surface area (Å²) in [4.78, 5) is 16.4. The Morgan fingerprint density at radius 2 is 1.77 bits per heavy atom. The lowest BCUT2D eigenvalue weighted by Crippen LogP contribution is -2.19. The van der Waals surface area contributed by atoms with E-state index >= 15 is 0 Å². The number of rotatable bonds is 8. The summed E-state index contributed by atoms with van der Waals surface area (Å²) in [6.07, 6.45) is 7.56. The van der Waals surface area contributed by atoms with Gasteiger partial charge in [0.05, 0.1) is 13.1 Å². The number of hydrogen-bond acceptors (Lipinski definition) is 6. The van der Waals surface area contributed by atoms with E-state index in [0.717, 1.165) is 33.2 Å². The zero-order valence-electron chi connectivity index (χ0n) is 22.8. The third-order valence-electron chi connectivity index (χ3n) is 6.78. The molecule has 0 radical (unpaired) electrons. The molecule has 6 rings (SSSR count). The number of fused-ring (bicyclic) bond motifs is 1. The number of anilines is 1. The van der Waals surface area contributed by atoms with Crippen molar-refractivity contribution in [2.75, 3.05) is 12.3 Å². The molecular formula is C34H26F2N4O3. The highest BCUT2D eigenvalue weighted by Crippen LogP contribution is 2.36. The highest BCUT2D eigenvalue weighted by molar-refractivity contribution is 5.97. The number of aromatic nitrogens is 1. The normalized spacial score (nSPS) is 13.0. The topological polar surface area (TPSA) is 102 Å². The molecule has 7 nitrogen and oxygen atoms in total. The number of ether oxygens (including phenoxy) is 1. The van der Waals surface area contributed by atoms with Crippen LogP contribution in [-0.4, -0.2) is 17.4 Å². The second kappa shape index (κ2) is 12.0. The molecule has 1 aliphatic heterocycles. The molecule has 43 heavy (non-hydrogen) atoms. The van der Waals surface area contributed by atoms with Gasteiger partial charge in [0.15, 0.2) is 5.95 Å². The average Bonchev–Trinajstić information content (AvgIpc) is 3.44. The second-order valence-corrected chi connectivity index (χ2v) is 9.86. The molecule has 9 heteroatoms. The van der Waals surface area contributed by atoms with Crippen LogP contribution in [-0.2, 0) is 11.3 Å². The van der Waals surface area contributed by atoms with Crippen LogP contribution in [0.15, 0.2) is 119 Å². The molecule has 1 amide bonds. The fourth-order valence-electron chi connectivity index (χ4n) is 4.62. The lowest BCUT2D eigenvalue weighted by atomic mass is 9.96. The molecule has 214 valence electrons. The molecule has 0 unspecified atom stereocenters. The van der Waals surface area contributed by atoms with Crippen LogP contribution < -0.4 is 21.1 Å². The molecule has 0 atom stereocenters. The van der Waals surface area contributed by atoms with Crippen molar-refractivity contribution in [1.82, 2.24) is 15.6 Å². The van der Waals surface area contributed by atoms with Crippen LogP contribution >= 0.6 is 0 Å². The number of nitrogens with one attached hydrogen (secondary N) is 2. The molecule has 0 fully saturated rings. The van der Waals surface area contributed by atoms with Crippen molar-refractivity contribution in [3.63, 3.8) is 0 Å². The minimum atomic E-state index is -0.399. The van der Waals surface area contributed by atoms with Crippen molar-refractivity contribution in [2.45, 2.75) is 6.54 Å². The molecule has 0 bridgehead atoms. The summed E-state index contributed by atoms with van der Waals surface area (Å²) in [7, 11) is 0. The van der Waals surface area contributed by atoms with Gasteiger partial charge >= 0.3 is 0 Å². The monoisotopic (exact) mass is 576 g/mol. The number of furan rings is 1. The standard InChI is InChI=1S/C34H26F2N4O3/c35-26-7-3-23(4-8-26)30-17-24(22-5-9-27(10-6-22)42-28-11-12-31(36)38-19-28)15-25-16-29(43-34(25)30)20-40-33(41)14-2-21-1-13-32(37)39-18-21/h1-18,38H,19-20H2,(H2,37,39)(H,40,41)/b14-2+. The Hall–Kier alpha value is -5.70. The number of halogens is 2. The van der Waals surface area contributed by atoms with Gasteiger partial charge in [-0.2, -0.15) is 4.39 Å². The van der Waals surface area contributed by atoms with Gasteiger partial charge in [0.1, 0.15) is 34.5 Å². The number of nitrogen functional groups attached to an aromatic ring is 1. The van der Waals surface area contributed by atoms with Crippen LogP contribution in [0.2, 0.25) is 0 Å². The van der Waals surface area contributed by atoms with Crippen molar-refractivity contribution < 1.29 is 22.7 Å². The van der Waals surface area contributed by atoms with Gasteiger partial charge in [0.2, 0.25) is 5.91 Å². The fourth-order valence-corrected chi connectivity index (χ4v) is 4.62. The van der Waals surface area contributed by atoms with Crippen molar-refractivity contribution in [2.24, 2.45) is 0 Å². The van der Waals surface area contributed by atoms with Gasteiger partial charge in [-0.3, -0.25) is 4.79 Å². The van der Waals surface area contributed by atoms with Crippen LogP contribution in [0.4, 0.5) is 14.6 Å². The summed E-state index contributed by atoms with van der Waals surface area (Å²) in [6, 6.07) is 23.1. The number of allylic oxidation sites excluding steroid dienone is 2. The van der Waals surface area contributed by atoms with Crippen LogP contribution in [0.1, 0.15) is 11.3 Å². The van der Waals surface area contributed by atoms with E-state index in [1.807, 2.05) is 42.5 Å². The quantitative estimate of drug-likeness (QED) is 0.137. The number of dihydropyridines is 1. The zero-order chi connectivity index (χ0) is 29.8. The van der Waals surface area contributed by atoms with Gasteiger partial charge in [0, 0.05) is 23.2 Å². The van der Waals surface area contributed by atoms with E-state index in [0.29, 0.717) is 28.7 Å². The number of nitrogens with zero attached hydrogens (tertiary/aromatic N) is 1. The lowest BCUT2D eigenvalue weighted by molar-refractivity contribution is -0.116. The summed E-state index contributed by atoms with van der Waals surface area (Å²) >= 11 is 0. The number of benzene rings is 3. The first-order chi connectivity index (χ1) is 20.9. The van der Waals surface area contributed by atoms with Gasteiger partial charge in [-0.05, 0) is 95.1 Å². The fraction of sp³-hybridized carbons (Fsp3) is 0.0588. The number of pyridine rings is 1. The molecule has 3 heterocycles. The predicted molar refractivity (Wildman–Crippen MR) is 162 cm³/mol. The minimum absolute atomic E-state index is 0.172. The van der Waals surface area contributed by atoms with Crippen LogP contribution in [0.25, 0.3) is 39.3 Å². The Balaban J connectivity index is 1.25. The molecule has 0 saturated carbocycles. The molecule has 0 saturated heterocycles. The predicted octanol–water partition coefficient (Wildman–Crippen LogP) is 6.89. The maximum absolute atomic E-state index is 13.7. The number of amides is 1. The highest BCUT2D eigenvalue weighted by atomic mass is 19.1. The molecule has 0 aliphatic carbocycles. The van der Waals surface area contributed by atoms with Crippen LogP contribution in [0.5, 0.6) is 5.75 Å². The highest BCUT2D eigenvalue weighted by Gasteiger charge is 2.15. The number of hydrogen-bond donors (Lipinski definition) is 3. The Bertz CT molecular complexity index is 1870. The van der Waals surface area contributed by atoms with E-state index in [9.17, 15) is 13.6 Å². The number of carbonyl (C=O) groups excluding carboxylic acids is 1. The largest absolute Gasteiger partial charge is 0.460 e. The van der Waals surface area contributed by atoms with Crippen LogP contribution in [0, 0.1) is 5.82 Å². The molecule has 4 N–H and O–H groups in total. The van der Waals surface area contributed by atoms with Crippen LogP contribution in [0.3, 0.4) is 0 Å². The van der Waals surface area contributed by atoms with Gasteiger partial charge in [-0.1, -0.05) is 24.3 Å². The summed E-state index contributed by atoms with van der Waals surface area (Å²) in [5.41, 5.74) is 10.4. The summed E-state index contributed by atoms with van der Waals surface area (Å²) in [5.74, 6) is 1.17. The lowest BCUT2D eigenvalue weighted by Gasteiger charge is -2.14. The second-order valence-electron chi connectivity index (χ2n) is 9.86. The first-order valence-corrected chi connectivity index (χ1v) is 13.5. The van der Waals surface area contributed by atoms with E-state index in [2.05, 4.69) is 15.6 Å². The van der Waals surface area contributed by atoms with E-state index in [-0.39, 0.29) is 24.8 Å². The summed E-state index contributed by atoms with van der Waals surface area (Å²) < 4.78 is 39.0. The Labute approximate surface area is 246 Å². The number of nitrogens with two attached hydrogens (primary N) is 1. The van der Waals surface area contributed by atoms with Gasteiger partial charge in [-0.15, -0.1) is 0 Å². The van der Waals surface area contributed by atoms with Crippen molar-refractivity contribution in [3.05, 3.63) is 132 Å². The van der Waals surface area contributed by atoms with E-state index < -0.39 is 5.95 Å². The molecule has 0 spiro atoms. The molecular weight excluding hydrogens is 550 g/mol. The van der Waals surface area contributed by atoms with Crippen molar-refractivity contribution in [1.29, 1.82) is 0 Å². The first-order valence-electron chi connectivity index (χ1n) is 13.5.